The molecule has 3 unspecified atom stereocenters. The molecule has 0 spiro atoms. The van der Waals surface area contributed by atoms with Crippen LogP contribution in [0.2, 0.25) is 0 Å². The first kappa shape index (κ1) is 54.2. The molecule has 0 aliphatic carbocycles. The third-order valence-electron chi connectivity index (χ3n) is 10.7. The molecule has 3 atom stereocenters. The van der Waals surface area contributed by atoms with E-state index in [2.05, 4.69) is 19.2 Å². The first-order valence-electron chi connectivity index (χ1n) is 23.6. The number of aliphatic hydroxyl groups excluding tert-OH is 1. The van der Waals surface area contributed by atoms with Crippen LogP contribution in [0.1, 0.15) is 226 Å². The minimum Gasteiger partial charge on any atom is -0.756 e. The van der Waals surface area contributed by atoms with E-state index in [1.54, 1.807) is 6.08 Å². The number of quaternary nitrogens is 1. The lowest BCUT2D eigenvalue weighted by Crippen LogP contribution is -2.45. The van der Waals surface area contributed by atoms with Gasteiger partial charge in [0.05, 0.1) is 39.9 Å². The number of rotatable bonds is 43. The molecule has 1 amide bonds. The summed E-state index contributed by atoms with van der Waals surface area (Å²) in [7, 11) is 1.27. The highest BCUT2D eigenvalue weighted by atomic mass is 31.2. The number of phosphoric ester groups is 1. The number of phosphoric acid groups is 1. The van der Waals surface area contributed by atoms with Crippen LogP contribution in [0.4, 0.5) is 0 Å². The largest absolute Gasteiger partial charge is 0.756 e. The maximum absolute atomic E-state index is 12.8. The van der Waals surface area contributed by atoms with Gasteiger partial charge in [-0.3, -0.25) is 9.36 Å². The van der Waals surface area contributed by atoms with Crippen LogP contribution in [-0.2, 0) is 18.4 Å². The SMILES string of the molecule is CCCCCCC/C=C/C(O)C(COP(=O)([O-])OCC[N+](C)(C)C)NC(=O)CCCCCCCCCCCCCCCCCCCCCCCCCCCC. The highest BCUT2D eigenvalue weighted by molar-refractivity contribution is 7.45. The molecule has 0 saturated heterocycles. The predicted octanol–water partition coefficient (Wildman–Crippen LogP) is 12.5. The van der Waals surface area contributed by atoms with Gasteiger partial charge >= 0.3 is 0 Å². The number of carbonyl (C=O) groups excluding carboxylic acids is 1. The molecular formula is C46H93N2O6P. The Morgan fingerprint density at radius 2 is 0.982 bits per heavy atom. The third-order valence-corrected chi connectivity index (χ3v) is 11.7. The van der Waals surface area contributed by atoms with Crippen molar-refractivity contribution in [3.8, 4) is 0 Å². The van der Waals surface area contributed by atoms with Gasteiger partial charge in [0.2, 0.25) is 5.91 Å². The lowest BCUT2D eigenvalue weighted by Gasteiger charge is -2.29. The minimum absolute atomic E-state index is 0.00139. The van der Waals surface area contributed by atoms with E-state index in [0.717, 1.165) is 38.5 Å². The van der Waals surface area contributed by atoms with Gasteiger partial charge in [0.15, 0.2) is 0 Å². The van der Waals surface area contributed by atoms with Crippen LogP contribution in [0.25, 0.3) is 0 Å². The Hall–Kier alpha value is -0.760. The molecule has 0 saturated carbocycles. The topological polar surface area (TPSA) is 108 Å². The van der Waals surface area contributed by atoms with Gasteiger partial charge in [-0.1, -0.05) is 212 Å². The minimum atomic E-state index is -4.57. The molecule has 0 aromatic heterocycles. The van der Waals surface area contributed by atoms with Crippen LogP contribution < -0.4 is 10.2 Å². The van der Waals surface area contributed by atoms with E-state index >= 15 is 0 Å². The van der Waals surface area contributed by atoms with E-state index in [1.165, 1.54) is 167 Å². The van der Waals surface area contributed by atoms with E-state index in [-0.39, 0.29) is 19.1 Å². The fourth-order valence-corrected chi connectivity index (χ4v) is 7.70. The van der Waals surface area contributed by atoms with Crippen molar-refractivity contribution in [2.45, 2.75) is 238 Å². The van der Waals surface area contributed by atoms with Gasteiger partial charge in [-0.05, 0) is 19.3 Å². The van der Waals surface area contributed by atoms with Gasteiger partial charge in [0.25, 0.3) is 7.82 Å². The number of hydrogen-bond donors (Lipinski definition) is 2. The maximum Gasteiger partial charge on any atom is 0.268 e. The van der Waals surface area contributed by atoms with Gasteiger partial charge < -0.3 is 28.8 Å². The fourth-order valence-electron chi connectivity index (χ4n) is 6.98. The average Bonchev–Trinajstić information content (AvgIpc) is 3.13. The standard InChI is InChI=1S/C46H93N2O6P/c1-6-8-10-12-14-15-16-17-18-19-20-21-22-23-24-25-26-27-28-29-30-31-32-34-36-38-40-46(50)47-44(45(49)39-37-35-33-13-11-9-7-2)43-54-55(51,52)53-42-41-48(3,4)5/h37,39,44-45,49H,6-36,38,40-43H2,1-5H3,(H-,47,50,51,52)/b39-37+. The van der Waals surface area contributed by atoms with Crippen molar-refractivity contribution < 1.29 is 32.9 Å². The summed E-state index contributed by atoms with van der Waals surface area (Å²) in [5.74, 6) is -0.198. The Morgan fingerprint density at radius 1 is 0.618 bits per heavy atom. The number of aliphatic hydroxyl groups is 1. The van der Waals surface area contributed by atoms with Crippen LogP contribution in [0, 0.1) is 0 Å². The second-order valence-corrected chi connectivity index (χ2v) is 18.9. The molecule has 0 radical (unpaired) electrons. The number of nitrogens with zero attached hydrogens (tertiary/aromatic N) is 1. The zero-order chi connectivity index (χ0) is 40.7. The van der Waals surface area contributed by atoms with Crippen LogP contribution >= 0.6 is 7.82 Å². The summed E-state index contributed by atoms with van der Waals surface area (Å²) in [6.45, 7) is 4.60. The fraction of sp³-hybridized carbons (Fsp3) is 0.935. The molecule has 0 aliphatic heterocycles. The van der Waals surface area contributed by atoms with Crippen molar-refractivity contribution >= 4 is 13.7 Å². The summed E-state index contributed by atoms with van der Waals surface area (Å²) in [6, 6.07) is -0.878. The number of carbonyl (C=O) groups is 1. The zero-order valence-corrected chi connectivity index (χ0v) is 38.0. The lowest BCUT2D eigenvalue weighted by molar-refractivity contribution is -0.870. The van der Waals surface area contributed by atoms with Crippen LogP contribution in [-0.4, -0.2) is 68.5 Å². The molecule has 0 bridgehead atoms. The number of unbranched alkanes of at least 4 members (excludes halogenated alkanes) is 30. The Morgan fingerprint density at radius 3 is 1.36 bits per heavy atom. The first-order valence-corrected chi connectivity index (χ1v) is 25.0. The maximum atomic E-state index is 12.8. The lowest BCUT2D eigenvalue weighted by atomic mass is 10.0. The summed E-state index contributed by atoms with van der Waals surface area (Å²) < 4.78 is 23.1. The molecule has 8 nitrogen and oxygen atoms in total. The summed E-state index contributed by atoms with van der Waals surface area (Å²) in [6.07, 6.45) is 44.4. The van der Waals surface area contributed by atoms with Crippen LogP contribution in [0.3, 0.4) is 0 Å². The number of likely N-dealkylation sites (N-methyl/N-ethyl adjacent to an activating group) is 1. The van der Waals surface area contributed by atoms with Gasteiger partial charge in [-0.25, -0.2) is 0 Å². The van der Waals surface area contributed by atoms with Crippen molar-refractivity contribution in [1.82, 2.24) is 5.32 Å². The second kappa shape index (κ2) is 38.7. The molecule has 0 heterocycles. The summed E-state index contributed by atoms with van der Waals surface area (Å²) in [4.78, 5) is 25.2. The van der Waals surface area contributed by atoms with Crippen LogP contribution in [0.15, 0.2) is 12.2 Å². The van der Waals surface area contributed by atoms with Crippen molar-refractivity contribution in [2.24, 2.45) is 0 Å². The average molecular weight is 801 g/mol. The Kier molecular flexibility index (Phi) is 38.2. The van der Waals surface area contributed by atoms with E-state index in [9.17, 15) is 19.4 Å². The number of nitrogens with one attached hydrogen (secondary N) is 1. The molecule has 0 rings (SSSR count). The molecule has 0 aromatic rings. The molecule has 0 fully saturated rings. The van der Waals surface area contributed by atoms with Gasteiger partial charge in [-0.15, -0.1) is 0 Å². The van der Waals surface area contributed by atoms with Crippen LogP contribution in [0.5, 0.6) is 0 Å². The van der Waals surface area contributed by atoms with E-state index in [0.29, 0.717) is 17.4 Å². The highest BCUT2D eigenvalue weighted by Crippen LogP contribution is 2.38. The molecule has 9 heteroatoms. The normalized spacial score (nSPS) is 14.4. The van der Waals surface area contributed by atoms with Gasteiger partial charge in [0, 0.05) is 6.42 Å². The highest BCUT2D eigenvalue weighted by Gasteiger charge is 2.23. The predicted molar refractivity (Wildman–Crippen MR) is 233 cm³/mol. The summed E-state index contributed by atoms with van der Waals surface area (Å²) >= 11 is 0. The summed E-state index contributed by atoms with van der Waals surface area (Å²) in [5.41, 5.74) is 0. The molecule has 0 aliphatic rings. The third kappa shape index (κ3) is 41.2. The van der Waals surface area contributed by atoms with Crippen molar-refractivity contribution in [3.05, 3.63) is 12.2 Å². The van der Waals surface area contributed by atoms with Gasteiger partial charge in [0.1, 0.15) is 13.2 Å². The molecule has 2 N–H and O–H groups in total. The quantitative estimate of drug-likeness (QED) is 0.0275. The molecule has 0 aromatic carbocycles. The molecule has 55 heavy (non-hydrogen) atoms. The van der Waals surface area contributed by atoms with Gasteiger partial charge in [-0.2, -0.15) is 0 Å². The van der Waals surface area contributed by atoms with Crippen molar-refractivity contribution in [1.29, 1.82) is 0 Å². The zero-order valence-electron chi connectivity index (χ0n) is 37.1. The van der Waals surface area contributed by atoms with Crippen molar-refractivity contribution in [2.75, 3.05) is 40.9 Å². The molecular weight excluding hydrogens is 707 g/mol. The number of allylic oxidation sites excluding steroid dienone is 1. The van der Waals surface area contributed by atoms with E-state index < -0.39 is 20.0 Å². The Labute approximate surface area is 342 Å². The monoisotopic (exact) mass is 801 g/mol. The first-order chi connectivity index (χ1) is 26.5. The van der Waals surface area contributed by atoms with E-state index in [4.69, 9.17) is 9.05 Å². The van der Waals surface area contributed by atoms with E-state index in [1.807, 2.05) is 27.2 Å². The second-order valence-electron chi connectivity index (χ2n) is 17.5. The smallest absolute Gasteiger partial charge is 0.268 e. The Balaban J connectivity index is 3.99. The number of amides is 1. The Bertz CT molecular complexity index is 911. The number of hydrogen-bond acceptors (Lipinski definition) is 6. The van der Waals surface area contributed by atoms with Crippen molar-refractivity contribution in [3.63, 3.8) is 0 Å². The summed E-state index contributed by atoms with van der Waals surface area (Å²) in [5, 5.41) is 13.7. The molecule has 328 valence electrons.